The first-order chi connectivity index (χ1) is 10.3. The van der Waals surface area contributed by atoms with E-state index in [-0.39, 0.29) is 0 Å². The Kier molecular flexibility index (Phi) is 4.06. The Morgan fingerprint density at radius 1 is 1.19 bits per heavy atom. The maximum Gasteiger partial charge on any atom is 0.183 e. The van der Waals surface area contributed by atoms with E-state index in [2.05, 4.69) is 45.2 Å². The van der Waals surface area contributed by atoms with Gasteiger partial charge in [-0.2, -0.15) is 0 Å². The van der Waals surface area contributed by atoms with E-state index in [4.69, 9.17) is 0 Å². The maximum absolute atomic E-state index is 4.65. The molecule has 0 aromatic carbocycles. The lowest BCUT2D eigenvalue weighted by molar-refractivity contribution is 0.970. The van der Waals surface area contributed by atoms with E-state index in [0.717, 1.165) is 35.4 Å². The Morgan fingerprint density at radius 3 is 2.81 bits per heavy atom. The molecule has 0 fully saturated rings. The zero-order valence-electron chi connectivity index (χ0n) is 12.1. The largest absolute Gasteiger partial charge is 0.369 e. The molecule has 0 spiro atoms. The van der Waals surface area contributed by atoms with Crippen molar-refractivity contribution >= 4 is 27.4 Å². The lowest BCUT2D eigenvalue weighted by Gasteiger charge is -2.07. The minimum absolute atomic E-state index is 0.624. The van der Waals surface area contributed by atoms with E-state index in [1.807, 2.05) is 0 Å². The molecule has 0 unspecified atom stereocenters. The Labute approximate surface area is 127 Å². The monoisotopic (exact) mass is 299 g/mol. The van der Waals surface area contributed by atoms with E-state index >= 15 is 0 Å². The second kappa shape index (κ2) is 6.13. The quantitative estimate of drug-likeness (QED) is 0.780. The maximum atomic E-state index is 4.65. The Morgan fingerprint density at radius 2 is 2.10 bits per heavy atom. The summed E-state index contributed by atoms with van der Waals surface area (Å²) in [6.45, 7) is 5.18. The highest BCUT2D eigenvalue weighted by Gasteiger charge is 2.13. The number of rotatable bonds is 5. The first-order valence-electron chi connectivity index (χ1n) is 7.12. The van der Waals surface area contributed by atoms with Crippen molar-refractivity contribution < 1.29 is 0 Å². The third-order valence-corrected chi connectivity index (χ3v) is 4.30. The highest BCUT2D eigenvalue weighted by Crippen LogP contribution is 2.31. The molecule has 0 radical (unpaired) electrons. The first kappa shape index (κ1) is 13.9. The van der Waals surface area contributed by atoms with Crippen LogP contribution in [0.15, 0.2) is 24.7 Å². The van der Waals surface area contributed by atoms with Crippen molar-refractivity contribution in [3.63, 3.8) is 0 Å². The molecule has 3 aromatic heterocycles. The van der Waals surface area contributed by atoms with E-state index in [1.54, 1.807) is 29.9 Å². The highest BCUT2D eigenvalue weighted by atomic mass is 32.1. The van der Waals surface area contributed by atoms with Gasteiger partial charge in [0.05, 0.1) is 11.6 Å². The zero-order valence-corrected chi connectivity index (χ0v) is 12.9. The molecule has 108 valence electrons. The van der Waals surface area contributed by atoms with Crippen molar-refractivity contribution in [1.29, 1.82) is 0 Å². The summed E-state index contributed by atoms with van der Waals surface area (Å²) in [5.74, 6) is 1.51. The molecule has 1 N–H and O–H groups in total. The molecule has 0 saturated carbocycles. The van der Waals surface area contributed by atoms with Crippen molar-refractivity contribution in [3.05, 3.63) is 29.5 Å². The molecule has 3 rings (SSSR count). The summed E-state index contributed by atoms with van der Waals surface area (Å²) in [4.78, 5) is 20.0. The van der Waals surface area contributed by atoms with Crippen LogP contribution in [0, 0.1) is 0 Å². The normalized spacial score (nSPS) is 11.0. The van der Waals surface area contributed by atoms with Gasteiger partial charge in [0.2, 0.25) is 0 Å². The van der Waals surface area contributed by atoms with Crippen LogP contribution in [0.3, 0.4) is 0 Å². The van der Waals surface area contributed by atoms with Crippen LogP contribution in [0.25, 0.3) is 21.7 Å². The zero-order chi connectivity index (χ0) is 14.7. The second-order valence-corrected chi connectivity index (χ2v) is 5.81. The van der Waals surface area contributed by atoms with Gasteiger partial charge in [-0.25, -0.2) is 15.0 Å². The number of fused-ring (bicyclic) bond motifs is 1. The molecule has 21 heavy (non-hydrogen) atoms. The molecule has 3 aromatic rings. The van der Waals surface area contributed by atoms with Gasteiger partial charge in [0.1, 0.15) is 16.3 Å². The second-order valence-electron chi connectivity index (χ2n) is 4.70. The third-order valence-electron chi connectivity index (χ3n) is 3.13. The Hall–Kier alpha value is -2.08. The van der Waals surface area contributed by atoms with E-state index in [1.165, 1.54) is 4.88 Å². The SMILES string of the molecule is CCCNc1nc(-c2cnccn2)nc2sc(CC)cc12. The summed E-state index contributed by atoms with van der Waals surface area (Å²) in [6.07, 6.45) is 7.07. The lowest BCUT2D eigenvalue weighted by atomic mass is 10.3. The van der Waals surface area contributed by atoms with Crippen LogP contribution in [-0.2, 0) is 6.42 Å². The van der Waals surface area contributed by atoms with Crippen molar-refractivity contribution in [3.8, 4) is 11.5 Å². The van der Waals surface area contributed by atoms with Gasteiger partial charge < -0.3 is 5.32 Å². The number of nitrogens with one attached hydrogen (secondary N) is 1. The molecule has 0 bridgehead atoms. The number of aryl methyl sites for hydroxylation is 1. The fourth-order valence-electron chi connectivity index (χ4n) is 2.05. The Balaban J connectivity index is 2.13. The number of hydrogen-bond acceptors (Lipinski definition) is 6. The summed E-state index contributed by atoms with van der Waals surface area (Å²) in [5.41, 5.74) is 0.699. The van der Waals surface area contributed by atoms with Gasteiger partial charge in [0.25, 0.3) is 0 Å². The van der Waals surface area contributed by atoms with Crippen LogP contribution >= 0.6 is 11.3 Å². The van der Waals surface area contributed by atoms with Gasteiger partial charge in [-0.05, 0) is 18.9 Å². The molecule has 3 heterocycles. The predicted molar refractivity (Wildman–Crippen MR) is 86.6 cm³/mol. The molecule has 0 atom stereocenters. The highest BCUT2D eigenvalue weighted by molar-refractivity contribution is 7.18. The van der Waals surface area contributed by atoms with Crippen molar-refractivity contribution in [2.75, 3.05) is 11.9 Å². The summed E-state index contributed by atoms with van der Waals surface area (Å²) in [6, 6.07) is 2.18. The minimum atomic E-state index is 0.624. The van der Waals surface area contributed by atoms with Crippen LogP contribution in [0.5, 0.6) is 0 Å². The van der Waals surface area contributed by atoms with Gasteiger partial charge in [-0.1, -0.05) is 13.8 Å². The summed E-state index contributed by atoms with van der Waals surface area (Å²) in [5, 5.41) is 4.49. The van der Waals surface area contributed by atoms with Crippen molar-refractivity contribution in [1.82, 2.24) is 19.9 Å². The molecule has 6 heteroatoms. The summed E-state index contributed by atoms with van der Waals surface area (Å²) < 4.78 is 0. The average molecular weight is 299 g/mol. The van der Waals surface area contributed by atoms with E-state index in [9.17, 15) is 0 Å². The van der Waals surface area contributed by atoms with Crippen LogP contribution < -0.4 is 5.32 Å². The molecular weight excluding hydrogens is 282 g/mol. The van der Waals surface area contributed by atoms with Gasteiger partial charge in [-0.15, -0.1) is 11.3 Å². The molecule has 0 saturated heterocycles. The van der Waals surface area contributed by atoms with Gasteiger partial charge in [-0.3, -0.25) is 4.98 Å². The van der Waals surface area contributed by atoms with Gasteiger partial charge >= 0.3 is 0 Å². The van der Waals surface area contributed by atoms with Crippen LogP contribution in [0.2, 0.25) is 0 Å². The number of thiophene rings is 1. The van der Waals surface area contributed by atoms with Crippen molar-refractivity contribution in [2.24, 2.45) is 0 Å². The Bertz CT molecular complexity index is 738. The lowest BCUT2D eigenvalue weighted by Crippen LogP contribution is -2.04. The average Bonchev–Trinajstić information content (AvgIpc) is 2.96. The van der Waals surface area contributed by atoms with Gasteiger partial charge in [0, 0.05) is 23.8 Å². The number of anilines is 1. The number of nitrogens with zero attached hydrogens (tertiary/aromatic N) is 4. The van der Waals surface area contributed by atoms with Crippen LogP contribution in [-0.4, -0.2) is 26.5 Å². The van der Waals surface area contributed by atoms with Crippen LogP contribution in [0.4, 0.5) is 5.82 Å². The first-order valence-corrected chi connectivity index (χ1v) is 7.94. The molecule has 0 aliphatic carbocycles. The predicted octanol–water partition coefficient (Wildman–Crippen LogP) is 3.53. The fourth-order valence-corrected chi connectivity index (χ4v) is 3.02. The molecule has 0 amide bonds. The molecule has 5 nitrogen and oxygen atoms in total. The minimum Gasteiger partial charge on any atom is -0.369 e. The number of aromatic nitrogens is 4. The van der Waals surface area contributed by atoms with Crippen LogP contribution in [0.1, 0.15) is 25.1 Å². The topological polar surface area (TPSA) is 63.6 Å². The molecule has 0 aliphatic rings. The summed E-state index contributed by atoms with van der Waals surface area (Å²) in [7, 11) is 0. The molecular formula is C15H17N5S. The third kappa shape index (κ3) is 2.85. The van der Waals surface area contributed by atoms with Crippen molar-refractivity contribution in [2.45, 2.75) is 26.7 Å². The van der Waals surface area contributed by atoms with Gasteiger partial charge in [0.15, 0.2) is 5.82 Å². The summed E-state index contributed by atoms with van der Waals surface area (Å²) >= 11 is 1.71. The standard InChI is InChI=1S/C15H17N5S/c1-3-5-18-13-11-8-10(4-2)21-15(11)20-14(19-13)12-9-16-6-7-17-12/h6-9H,3-5H2,1-2H3,(H,18,19,20). The van der Waals surface area contributed by atoms with E-state index in [0.29, 0.717) is 11.5 Å². The molecule has 0 aliphatic heterocycles. The van der Waals surface area contributed by atoms with E-state index < -0.39 is 0 Å². The smallest absolute Gasteiger partial charge is 0.183 e. The number of hydrogen-bond donors (Lipinski definition) is 1. The fraction of sp³-hybridized carbons (Fsp3) is 0.333.